The molecule has 0 heterocycles. The first-order valence-electron chi connectivity index (χ1n) is 7.06. The van der Waals surface area contributed by atoms with Gasteiger partial charge in [-0.05, 0) is 42.3 Å². The topological polar surface area (TPSA) is 47.6 Å². The molecule has 0 bridgehead atoms. The SMILES string of the molecule is COc1ccccc1OCC(=O)NCCc1cc(F)ccc1F. The lowest BCUT2D eigenvalue weighted by molar-refractivity contribution is -0.123. The predicted molar refractivity (Wildman–Crippen MR) is 81.6 cm³/mol. The summed E-state index contributed by atoms with van der Waals surface area (Å²) in [7, 11) is 1.51. The van der Waals surface area contributed by atoms with Crippen LogP contribution in [0.15, 0.2) is 42.5 Å². The van der Waals surface area contributed by atoms with E-state index < -0.39 is 11.6 Å². The summed E-state index contributed by atoms with van der Waals surface area (Å²) in [5.41, 5.74) is 0.218. The zero-order valence-electron chi connectivity index (χ0n) is 12.6. The fourth-order valence-electron chi connectivity index (χ4n) is 2.00. The quantitative estimate of drug-likeness (QED) is 0.853. The Morgan fingerprint density at radius 3 is 2.61 bits per heavy atom. The number of rotatable bonds is 7. The molecule has 0 saturated carbocycles. The highest BCUT2D eigenvalue weighted by molar-refractivity contribution is 5.77. The highest BCUT2D eigenvalue weighted by Gasteiger charge is 2.08. The molecule has 2 aromatic rings. The average Bonchev–Trinajstić information content (AvgIpc) is 2.56. The Morgan fingerprint density at radius 2 is 1.87 bits per heavy atom. The van der Waals surface area contributed by atoms with Crippen LogP contribution in [0.25, 0.3) is 0 Å². The van der Waals surface area contributed by atoms with E-state index in [9.17, 15) is 13.6 Å². The molecule has 0 aliphatic rings. The van der Waals surface area contributed by atoms with E-state index in [0.29, 0.717) is 11.5 Å². The summed E-state index contributed by atoms with van der Waals surface area (Å²) in [6, 6.07) is 10.2. The van der Waals surface area contributed by atoms with Gasteiger partial charge < -0.3 is 14.8 Å². The number of para-hydroxylation sites is 2. The van der Waals surface area contributed by atoms with Gasteiger partial charge >= 0.3 is 0 Å². The Balaban J connectivity index is 1.78. The summed E-state index contributed by atoms with van der Waals surface area (Å²) in [4.78, 5) is 11.7. The Kier molecular flexibility index (Phi) is 5.91. The van der Waals surface area contributed by atoms with Crippen molar-refractivity contribution >= 4 is 5.91 Å². The lowest BCUT2D eigenvalue weighted by atomic mass is 10.1. The van der Waals surface area contributed by atoms with Crippen LogP contribution in [0.5, 0.6) is 11.5 Å². The second kappa shape index (κ2) is 8.12. The van der Waals surface area contributed by atoms with Crippen LogP contribution in [0.1, 0.15) is 5.56 Å². The Morgan fingerprint density at radius 1 is 1.13 bits per heavy atom. The fraction of sp³-hybridized carbons (Fsp3) is 0.235. The van der Waals surface area contributed by atoms with Gasteiger partial charge in [0.15, 0.2) is 18.1 Å². The molecular weight excluding hydrogens is 304 g/mol. The number of nitrogens with one attached hydrogen (secondary N) is 1. The number of hydrogen-bond donors (Lipinski definition) is 1. The minimum absolute atomic E-state index is 0.188. The van der Waals surface area contributed by atoms with Gasteiger partial charge in [0.2, 0.25) is 0 Å². The zero-order valence-corrected chi connectivity index (χ0v) is 12.6. The number of amides is 1. The number of benzene rings is 2. The van der Waals surface area contributed by atoms with Gasteiger partial charge in [-0.25, -0.2) is 8.78 Å². The maximum atomic E-state index is 13.4. The van der Waals surface area contributed by atoms with Gasteiger partial charge in [0.25, 0.3) is 5.91 Å². The van der Waals surface area contributed by atoms with Crippen LogP contribution in [-0.2, 0) is 11.2 Å². The molecule has 23 heavy (non-hydrogen) atoms. The van der Waals surface area contributed by atoms with Crippen molar-refractivity contribution in [2.24, 2.45) is 0 Å². The van der Waals surface area contributed by atoms with Crippen molar-refractivity contribution in [3.8, 4) is 11.5 Å². The Hall–Kier alpha value is -2.63. The summed E-state index contributed by atoms with van der Waals surface area (Å²) in [6.07, 6.45) is 0.198. The van der Waals surface area contributed by atoms with Gasteiger partial charge in [-0.15, -0.1) is 0 Å². The molecule has 0 fully saturated rings. The van der Waals surface area contributed by atoms with E-state index >= 15 is 0 Å². The van der Waals surface area contributed by atoms with E-state index in [4.69, 9.17) is 9.47 Å². The van der Waals surface area contributed by atoms with Crippen molar-refractivity contribution in [3.63, 3.8) is 0 Å². The summed E-state index contributed by atoms with van der Waals surface area (Å²) >= 11 is 0. The lowest BCUT2D eigenvalue weighted by Crippen LogP contribution is -2.30. The molecule has 0 aliphatic carbocycles. The first-order valence-corrected chi connectivity index (χ1v) is 7.06. The van der Waals surface area contributed by atoms with Crippen LogP contribution in [0, 0.1) is 11.6 Å². The number of hydrogen-bond acceptors (Lipinski definition) is 3. The fourth-order valence-corrected chi connectivity index (χ4v) is 2.00. The van der Waals surface area contributed by atoms with E-state index in [0.717, 1.165) is 18.2 Å². The summed E-state index contributed by atoms with van der Waals surface area (Å²) in [5, 5.41) is 2.59. The molecule has 2 rings (SSSR count). The highest BCUT2D eigenvalue weighted by Crippen LogP contribution is 2.25. The maximum absolute atomic E-state index is 13.4. The number of carbonyl (C=O) groups is 1. The molecule has 0 unspecified atom stereocenters. The summed E-state index contributed by atoms with van der Waals surface area (Å²) < 4.78 is 36.9. The van der Waals surface area contributed by atoms with Crippen molar-refractivity contribution in [3.05, 3.63) is 59.7 Å². The van der Waals surface area contributed by atoms with Crippen LogP contribution in [0.3, 0.4) is 0 Å². The smallest absolute Gasteiger partial charge is 0.257 e. The molecule has 0 saturated heterocycles. The van der Waals surface area contributed by atoms with Gasteiger partial charge in [-0.1, -0.05) is 12.1 Å². The maximum Gasteiger partial charge on any atom is 0.257 e. The number of methoxy groups -OCH3 is 1. The Labute approximate surface area is 133 Å². The molecular formula is C17H17F2NO3. The third-order valence-corrected chi connectivity index (χ3v) is 3.15. The second-order valence-electron chi connectivity index (χ2n) is 4.78. The second-order valence-corrected chi connectivity index (χ2v) is 4.78. The van der Waals surface area contributed by atoms with Crippen LogP contribution >= 0.6 is 0 Å². The molecule has 0 atom stereocenters. The first-order chi connectivity index (χ1) is 11.1. The molecule has 122 valence electrons. The van der Waals surface area contributed by atoms with Crippen molar-refractivity contribution in [1.29, 1.82) is 0 Å². The number of halogens is 2. The highest BCUT2D eigenvalue weighted by atomic mass is 19.1. The monoisotopic (exact) mass is 321 g/mol. The zero-order chi connectivity index (χ0) is 16.7. The predicted octanol–water partition coefficient (Wildman–Crippen LogP) is 2.71. The normalized spacial score (nSPS) is 10.2. The van der Waals surface area contributed by atoms with Crippen LogP contribution in [0.2, 0.25) is 0 Å². The van der Waals surface area contributed by atoms with Gasteiger partial charge in [0, 0.05) is 6.54 Å². The number of ether oxygens (including phenoxy) is 2. The van der Waals surface area contributed by atoms with Gasteiger partial charge in [0.1, 0.15) is 11.6 Å². The third kappa shape index (κ3) is 4.95. The van der Waals surface area contributed by atoms with E-state index in [1.165, 1.54) is 7.11 Å². The van der Waals surface area contributed by atoms with Crippen molar-refractivity contribution < 1.29 is 23.0 Å². The molecule has 1 amide bonds. The van der Waals surface area contributed by atoms with Crippen LogP contribution in [0.4, 0.5) is 8.78 Å². The van der Waals surface area contributed by atoms with Crippen molar-refractivity contribution in [2.45, 2.75) is 6.42 Å². The average molecular weight is 321 g/mol. The molecule has 2 aromatic carbocycles. The van der Waals surface area contributed by atoms with Gasteiger partial charge in [-0.2, -0.15) is 0 Å². The molecule has 1 N–H and O–H groups in total. The van der Waals surface area contributed by atoms with Crippen molar-refractivity contribution in [2.75, 3.05) is 20.3 Å². The molecule has 4 nitrogen and oxygen atoms in total. The van der Waals surface area contributed by atoms with E-state index in [2.05, 4.69) is 5.32 Å². The van der Waals surface area contributed by atoms with Gasteiger partial charge in [0.05, 0.1) is 7.11 Å². The summed E-state index contributed by atoms with van der Waals surface area (Å²) in [5.74, 6) is -0.366. The minimum Gasteiger partial charge on any atom is -0.493 e. The minimum atomic E-state index is -0.507. The van der Waals surface area contributed by atoms with E-state index in [1.54, 1.807) is 24.3 Å². The lowest BCUT2D eigenvalue weighted by Gasteiger charge is -2.10. The van der Waals surface area contributed by atoms with E-state index in [1.807, 2.05) is 0 Å². The molecule has 0 aromatic heterocycles. The van der Waals surface area contributed by atoms with Gasteiger partial charge in [-0.3, -0.25) is 4.79 Å². The first kappa shape index (κ1) is 16.7. The standard InChI is InChI=1S/C17H17F2NO3/c1-22-15-4-2-3-5-16(15)23-11-17(21)20-9-8-12-10-13(18)6-7-14(12)19/h2-7,10H,8-9,11H2,1H3,(H,20,21). The molecule has 0 aliphatic heterocycles. The van der Waals surface area contributed by atoms with E-state index in [-0.39, 0.29) is 31.0 Å². The van der Waals surface area contributed by atoms with Crippen molar-refractivity contribution in [1.82, 2.24) is 5.32 Å². The Bertz CT molecular complexity index is 677. The third-order valence-electron chi connectivity index (χ3n) is 3.15. The summed E-state index contributed by atoms with van der Waals surface area (Å²) in [6.45, 7) is 0.000494. The van der Waals surface area contributed by atoms with Crippen LogP contribution < -0.4 is 14.8 Å². The molecule has 0 radical (unpaired) electrons. The number of carbonyl (C=O) groups excluding carboxylic acids is 1. The molecule has 0 spiro atoms. The largest absolute Gasteiger partial charge is 0.493 e. The van der Waals surface area contributed by atoms with Crippen LogP contribution in [-0.4, -0.2) is 26.2 Å². The molecule has 6 heteroatoms.